The molecule has 1 fully saturated rings. The van der Waals surface area contributed by atoms with E-state index in [1.54, 1.807) is 34.1 Å². The van der Waals surface area contributed by atoms with Crippen molar-refractivity contribution in [1.29, 1.82) is 0 Å². The molecule has 166 valence electrons. The van der Waals surface area contributed by atoms with Gasteiger partial charge in [-0.3, -0.25) is 19.2 Å². The summed E-state index contributed by atoms with van der Waals surface area (Å²) in [6.07, 6.45) is 1.36. The molecular formula is C24H26N4O4. The topological polar surface area (TPSA) is 98.8 Å². The number of rotatable bonds is 5. The predicted octanol–water partition coefficient (Wildman–Crippen LogP) is 2.94. The van der Waals surface area contributed by atoms with E-state index in [-0.39, 0.29) is 30.0 Å². The molecule has 2 aliphatic heterocycles. The van der Waals surface area contributed by atoms with Gasteiger partial charge in [-0.25, -0.2) is 0 Å². The number of nitrogens with one attached hydrogen (secondary N) is 2. The van der Waals surface area contributed by atoms with Gasteiger partial charge in [0.1, 0.15) is 0 Å². The molecule has 2 aliphatic rings. The molecule has 4 amide bonds. The lowest BCUT2D eigenvalue weighted by molar-refractivity contribution is -0.122. The number of amides is 4. The van der Waals surface area contributed by atoms with Gasteiger partial charge in [-0.2, -0.15) is 0 Å². The molecule has 0 aromatic heterocycles. The third-order valence-electron chi connectivity index (χ3n) is 5.84. The molecule has 4 rings (SSSR count). The fraction of sp³-hybridized carbons (Fsp3) is 0.333. The van der Waals surface area contributed by atoms with Gasteiger partial charge in [-0.15, -0.1) is 0 Å². The highest BCUT2D eigenvalue weighted by atomic mass is 16.2. The molecule has 8 nitrogen and oxygen atoms in total. The van der Waals surface area contributed by atoms with E-state index in [1.165, 1.54) is 6.92 Å². The molecule has 2 aromatic rings. The molecule has 1 saturated heterocycles. The lowest BCUT2D eigenvalue weighted by Crippen LogP contribution is -2.28. The monoisotopic (exact) mass is 434 g/mol. The number of anilines is 4. The fourth-order valence-corrected chi connectivity index (χ4v) is 4.22. The van der Waals surface area contributed by atoms with Crippen LogP contribution in [0.25, 0.3) is 0 Å². The minimum Gasteiger partial charge on any atom is -0.326 e. The summed E-state index contributed by atoms with van der Waals surface area (Å²) in [6.45, 7) is 4.25. The van der Waals surface area contributed by atoms with Crippen LogP contribution < -0.4 is 20.4 Å². The van der Waals surface area contributed by atoms with E-state index >= 15 is 0 Å². The van der Waals surface area contributed by atoms with Crippen molar-refractivity contribution < 1.29 is 19.2 Å². The van der Waals surface area contributed by atoms with E-state index < -0.39 is 5.92 Å². The van der Waals surface area contributed by atoms with E-state index in [0.717, 1.165) is 23.4 Å². The standard InChI is InChI=1S/C24H26N4O4/c1-3-22(30)27-11-10-16-12-20(8-9-21(16)27)28-14-17(13-23(28)31)24(32)26-19-6-4-18(5-7-19)25-15(2)29/h4-9,12,17H,3,10-11,13-14H2,1-2H3,(H,25,29)(H,26,32). The maximum atomic E-state index is 12.7. The first kappa shape index (κ1) is 21.5. The van der Waals surface area contributed by atoms with Gasteiger partial charge in [0.25, 0.3) is 0 Å². The normalized spacial score (nSPS) is 17.3. The van der Waals surface area contributed by atoms with Gasteiger partial charge >= 0.3 is 0 Å². The molecule has 8 heteroatoms. The van der Waals surface area contributed by atoms with Gasteiger partial charge in [-0.05, 0) is 54.4 Å². The van der Waals surface area contributed by atoms with Crippen LogP contribution in [0, 0.1) is 5.92 Å². The second-order valence-electron chi connectivity index (χ2n) is 8.12. The minimum absolute atomic E-state index is 0.0920. The number of fused-ring (bicyclic) bond motifs is 1. The Balaban J connectivity index is 1.41. The van der Waals surface area contributed by atoms with Gasteiger partial charge in [-0.1, -0.05) is 6.92 Å². The van der Waals surface area contributed by atoms with Crippen molar-refractivity contribution in [3.05, 3.63) is 48.0 Å². The number of hydrogen-bond acceptors (Lipinski definition) is 4. The maximum absolute atomic E-state index is 12.7. The Kier molecular flexibility index (Phi) is 5.94. The molecule has 1 atom stereocenters. The van der Waals surface area contributed by atoms with Crippen LogP contribution in [0.4, 0.5) is 22.7 Å². The fourth-order valence-electron chi connectivity index (χ4n) is 4.22. The number of hydrogen-bond donors (Lipinski definition) is 2. The zero-order valence-electron chi connectivity index (χ0n) is 18.2. The van der Waals surface area contributed by atoms with Crippen LogP contribution in [-0.4, -0.2) is 36.7 Å². The first-order valence-corrected chi connectivity index (χ1v) is 10.8. The van der Waals surface area contributed by atoms with Gasteiger partial charge in [0, 0.05) is 55.6 Å². The highest BCUT2D eigenvalue weighted by molar-refractivity contribution is 6.04. The molecule has 2 heterocycles. The minimum atomic E-state index is -0.455. The molecule has 2 aromatic carbocycles. The van der Waals surface area contributed by atoms with Crippen molar-refractivity contribution in [2.75, 3.05) is 33.5 Å². The summed E-state index contributed by atoms with van der Waals surface area (Å²) in [5.74, 6) is -0.832. The Morgan fingerprint density at radius 1 is 1.03 bits per heavy atom. The summed E-state index contributed by atoms with van der Waals surface area (Å²) >= 11 is 0. The lowest BCUT2D eigenvalue weighted by Gasteiger charge is -2.20. The lowest BCUT2D eigenvalue weighted by atomic mass is 10.1. The Morgan fingerprint density at radius 2 is 1.72 bits per heavy atom. The first-order valence-electron chi connectivity index (χ1n) is 10.8. The van der Waals surface area contributed by atoms with Crippen molar-refractivity contribution in [2.24, 2.45) is 5.92 Å². The summed E-state index contributed by atoms with van der Waals surface area (Å²) in [7, 11) is 0. The molecule has 0 saturated carbocycles. The molecule has 32 heavy (non-hydrogen) atoms. The van der Waals surface area contributed by atoms with E-state index in [4.69, 9.17) is 0 Å². The zero-order valence-corrected chi connectivity index (χ0v) is 18.2. The Hall–Kier alpha value is -3.68. The van der Waals surface area contributed by atoms with Gasteiger partial charge < -0.3 is 20.4 Å². The molecule has 0 spiro atoms. The molecule has 2 N–H and O–H groups in total. The van der Waals surface area contributed by atoms with Crippen LogP contribution >= 0.6 is 0 Å². The van der Waals surface area contributed by atoms with Gasteiger partial charge in [0.15, 0.2) is 0 Å². The average Bonchev–Trinajstić information content (AvgIpc) is 3.37. The van der Waals surface area contributed by atoms with Crippen molar-refractivity contribution in [3.8, 4) is 0 Å². The predicted molar refractivity (Wildman–Crippen MR) is 123 cm³/mol. The molecule has 0 radical (unpaired) electrons. The summed E-state index contributed by atoms with van der Waals surface area (Å²) in [5.41, 5.74) is 3.96. The molecular weight excluding hydrogens is 408 g/mol. The van der Waals surface area contributed by atoms with Crippen LogP contribution in [-0.2, 0) is 25.6 Å². The number of benzene rings is 2. The van der Waals surface area contributed by atoms with E-state index in [9.17, 15) is 19.2 Å². The average molecular weight is 434 g/mol. The quantitative estimate of drug-likeness (QED) is 0.756. The second kappa shape index (κ2) is 8.82. The Morgan fingerprint density at radius 3 is 2.38 bits per heavy atom. The first-order chi connectivity index (χ1) is 15.4. The summed E-state index contributed by atoms with van der Waals surface area (Å²) in [6, 6.07) is 12.5. The summed E-state index contributed by atoms with van der Waals surface area (Å²) in [4.78, 5) is 52.0. The van der Waals surface area contributed by atoms with Crippen LogP contribution in [0.3, 0.4) is 0 Å². The summed E-state index contributed by atoms with van der Waals surface area (Å²) < 4.78 is 0. The third-order valence-corrected chi connectivity index (χ3v) is 5.84. The van der Waals surface area contributed by atoms with Crippen molar-refractivity contribution in [1.82, 2.24) is 0 Å². The molecule has 0 bridgehead atoms. The van der Waals surface area contributed by atoms with Crippen LogP contribution in [0.2, 0.25) is 0 Å². The number of carbonyl (C=O) groups is 4. The van der Waals surface area contributed by atoms with Gasteiger partial charge in [0.2, 0.25) is 23.6 Å². The maximum Gasteiger partial charge on any atom is 0.229 e. The van der Waals surface area contributed by atoms with E-state index in [1.807, 2.05) is 25.1 Å². The van der Waals surface area contributed by atoms with Crippen LogP contribution in [0.1, 0.15) is 32.3 Å². The summed E-state index contributed by atoms with van der Waals surface area (Å²) in [5, 5.41) is 5.52. The van der Waals surface area contributed by atoms with E-state index in [0.29, 0.717) is 30.9 Å². The van der Waals surface area contributed by atoms with Crippen molar-refractivity contribution >= 4 is 46.4 Å². The number of carbonyl (C=O) groups excluding carboxylic acids is 4. The van der Waals surface area contributed by atoms with Crippen molar-refractivity contribution in [3.63, 3.8) is 0 Å². The van der Waals surface area contributed by atoms with Gasteiger partial charge in [0.05, 0.1) is 5.92 Å². The smallest absolute Gasteiger partial charge is 0.229 e. The van der Waals surface area contributed by atoms with Crippen LogP contribution in [0.15, 0.2) is 42.5 Å². The highest BCUT2D eigenvalue weighted by Gasteiger charge is 2.36. The Labute approximate surface area is 186 Å². The largest absolute Gasteiger partial charge is 0.326 e. The van der Waals surface area contributed by atoms with E-state index in [2.05, 4.69) is 10.6 Å². The second-order valence-corrected chi connectivity index (χ2v) is 8.12. The SMILES string of the molecule is CCC(=O)N1CCc2cc(N3CC(C(=O)Nc4ccc(NC(C)=O)cc4)CC3=O)ccc21. The third kappa shape index (κ3) is 4.34. The van der Waals surface area contributed by atoms with Crippen molar-refractivity contribution in [2.45, 2.75) is 33.1 Å². The Bertz CT molecular complexity index is 1080. The highest BCUT2D eigenvalue weighted by Crippen LogP contribution is 2.34. The number of nitrogens with zero attached hydrogens (tertiary/aromatic N) is 2. The molecule has 1 unspecified atom stereocenters. The van der Waals surface area contributed by atoms with Crippen LogP contribution in [0.5, 0.6) is 0 Å². The zero-order chi connectivity index (χ0) is 22.8. The molecule has 0 aliphatic carbocycles.